The van der Waals surface area contributed by atoms with Crippen LogP contribution in [0.4, 0.5) is 5.82 Å². The van der Waals surface area contributed by atoms with E-state index in [9.17, 15) is 0 Å². The van der Waals surface area contributed by atoms with Crippen molar-refractivity contribution in [3.8, 4) is 0 Å². The van der Waals surface area contributed by atoms with Crippen LogP contribution in [0.15, 0.2) is 23.3 Å². The summed E-state index contributed by atoms with van der Waals surface area (Å²) < 4.78 is 0. The van der Waals surface area contributed by atoms with Crippen LogP contribution in [0.3, 0.4) is 0 Å². The van der Waals surface area contributed by atoms with Crippen LogP contribution in [0, 0.1) is 13.8 Å². The normalized spacial score (nSPS) is 15.2. The van der Waals surface area contributed by atoms with E-state index < -0.39 is 0 Å². The van der Waals surface area contributed by atoms with E-state index in [0.29, 0.717) is 6.54 Å². The molecule has 0 radical (unpaired) electrons. The number of likely N-dealkylation sites (N-methyl/N-ethyl adjacent to an activating group) is 1. The van der Waals surface area contributed by atoms with Crippen LogP contribution in [0.5, 0.6) is 0 Å². The van der Waals surface area contributed by atoms with Gasteiger partial charge in [-0.05, 0) is 27.0 Å². The lowest BCUT2D eigenvalue weighted by molar-refractivity contribution is 0.312. The molecule has 9 heteroatoms. The van der Waals surface area contributed by atoms with Gasteiger partial charge in [0.1, 0.15) is 5.82 Å². The number of hydrogen-bond acceptors (Lipinski definition) is 6. The van der Waals surface area contributed by atoms with Crippen LogP contribution < -0.4 is 15.5 Å². The molecule has 1 saturated heterocycles. The summed E-state index contributed by atoms with van der Waals surface area (Å²) in [5.41, 5.74) is 2.33. The molecule has 160 valence electrons. The highest BCUT2D eigenvalue weighted by atomic mass is 127. The molecule has 2 aromatic rings. The standard InChI is InChI=1S/C20H31N7S.HI/c1-15-16(2)28-18(25-15)7-9-23-20(21-3)24-14-17-6-5-8-22-19(17)27-12-10-26(4)11-13-27;/h5-6,8H,7,9-14H2,1-4H3,(H2,21,23,24);1H. The van der Waals surface area contributed by atoms with Gasteiger partial charge in [0.25, 0.3) is 0 Å². The van der Waals surface area contributed by atoms with Gasteiger partial charge < -0.3 is 20.4 Å². The number of guanidine groups is 1. The number of aliphatic imine (C=N–C) groups is 1. The SMILES string of the molecule is CN=C(NCCc1nc(C)c(C)s1)NCc1cccnc1N1CCN(C)CC1.I. The first-order valence-corrected chi connectivity index (χ1v) is 10.6. The maximum Gasteiger partial charge on any atom is 0.191 e. The maximum atomic E-state index is 4.64. The number of pyridine rings is 1. The second-order valence-corrected chi connectivity index (χ2v) is 8.42. The lowest BCUT2D eigenvalue weighted by Crippen LogP contribution is -2.45. The average Bonchev–Trinajstić information content (AvgIpc) is 3.03. The molecule has 2 N–H and O–H groups in total. The summed E-state index contributed by atoms with van der Waals surface area (Å²) in [5, 5.41) is 7.98. The van der Waals surface area contributed by atoms with Gasteiger partial charge in [0.2, 0.25) is 0 Å². The summed E-state index contributed by atoms with van der Waals surface area (Å²) in [6.07, 6.45) is 2.78. The molecule has 1 aliphatic rings. The number of nitrogens with zero attached hydrogens (tertiary/aromatic N) is 5. The molecule has 29 heavy (non-hydrogen) atoms. The Morgan fingerprint density at radius 3 is 2.62 bits per heavy atom. The van der Waals surface area contributed by atoms with Crippen LogP contribution in [-0.4, -0.2) is 67.6 Å². The largest absolute Gasteiger partial charge is 0.356 e. The van der Waals surface area contributed by atoms with Gasteiger partial charge >= 0.3 is 0 Å². The fraction of sp³-hybridized carbons (Fsp3) is 0.550. The predicted molar refractivity (Wildman–Crippen MR) is 133 cm³/mol. The number of hydrogen-bond donors (Lipinski definition) is 2. The average molecular weight is 529 g/mol. The molecule has 0 spiro atoms. The molecular weight excluding hydrogens is 497 g/mol. The second kappa shape index (κ2) is 11.7. The van der Waals surface area contributed by atoms with E-state index in [0.717, 1.165) is 56.6 Å². The molecule has 1 aliphatic heterocycles. The Kier molecular flexibility index (Phi) is 9.57. The van der Waals surface area contributed by atoms with Crippen molar-refractivity contribution in [3.63, 3.8) is 0 Å². The van der Waals surface area contributed by atoms with Gasteiger partial charge in [0.05, 0.1) is 10.7 Å². The van der Waals surface area contributed by atoms with Crippen molar-refractivity contribution < 1.29 is 0 Å². The first-order valence-electron chi connectivity index (χ1n) is 9.81. The maximum absolute atomic E-state index is 4.64. The second-order valence-electron chi connectivity index (χ2n) is 7.13. The van der Waals surface area contributed by atoms with Crippen LogP contribution in [0.2, 0.25) is 0 Å². The van der Waals surface area contributed by atoms with Crippen LogP contribution >= 0.6 is 35.3 Å². The number of thiazole rings is 1. The lowest BCUT2D eigenvalue weighted by Gasteiger charge is -2.34. The zero-order valence-corrected chi connectivity index (χ0v) is 20.9. The van der Waals surface area contributed by atoms with E-state index in [4.69, 9.17) is 0 Å². The van der Waals surface area contributed by atoms with Gasteiger partial charge in [-0.25, -0.2) is 9.97 Å². The van der Waals surface area contributed by atoms with E-state index >= 15 is 0 Å². The highest BCUT2D eigenvalue weighted by Crippen LogP contribution is 2.19. The van der Waals surface area contributed by atoms with Crippen molar-refractivity contribution in [1.29, 1.82) is 0 Å². The minimum absolute atomic E-state index is 0. The van der Waals surface area contributed by atoms with Gasteiger partial charge in [-0.1, -0.05) is 6.07 Å². The third-order valence-electron chi connectivity index (χ3n) is 5.04. The number of aryl methyl sites for hydroxylation is 2. The zero-order valence-electron chi connectivity index (χ0n) is 17.7. The molecule has 2 aromatic heterocycles. The highest BCUT2D eigenvalue weighted by Gasteiger charge is 2.18. The third kappa shape index (κ3) is 6.78. The van der Waals surface area contributed by atoms with E-state index in [2.05, 4.69) is 62.4 Å². The molecule has 3 rings (SSSR count). The molecule has 0 unspecified atom stereocenters. The lowest BCUT2D eigenvalue weighted by atomic mass is 10.2. The van der Waals surface area contributed by atoms with Crippen LogP contribution in [-0.2, 0) is 13.0 Å². The molecule has 0 aliphatic carbocycles. The summed E-state index contributed by atoms with van der Waals surface area (Å²) in [6.45, 7) is 9.87. The zero-order chi connectivity index (χ0) is 19.9. The van der Waals surface area contributed by atoms with Crippen molar-refractivity contribution in [2.45, 2.75) is 26.8 Å². The predicted octanol–water partition coefficient (Wildman–Crippen LogP) is 2.43. The molecule has 0 aromatic carbocycles. The Labute approximate surface area is 195 Å². The first-order chi connectivity index (χ1) is 13.6. The van der Waals surface area contributed by atoms with E-state index in [-0.39, 0.29) is 24.0 Å². The summed E-state index contributed by atoms with van der Waals surface area (Å²) in [7, 11) is 3.97. The molecule has 7 nitrogen and oxygen atoms in total. The summed E-state index contributed by atoms with van der Waals surface area (Å²) in [5.74, 6) is 1.88. The molecule has 0 saturated carbocycles. The third-order valence-corrected chi connectivity index (χ3v) is 6.18. The Bertz CT molecular complexity index is 780. The molecular formula is C20H32IN7S. The smallest absolute Gasteiger partial charge is 0.191 e. The quantitative estimate of drug-likeness (QED) is 0.341. The fourth-order valence-electron chi connectivity index (χ4n) is 3.20. The van der Waals surface area contributed by atoms with Crippen molar-refractivity contribution in [2.24, 2.45) is 4.99 Å². The highest BCUT2D eigenvalue weighted by molar-refractivity contribution is 14.0. The van der Waals surface area contributed by atoms with Crippen molar-refractivity contribution >= 4 is 47.1 Å². The molecule has 3 heterocycles. The van der Waals surface area contributed by atoms with E-state index in [1.807, 2.05) is 12.3 Å². The van der Waals surface area contributed by atoms with Gasteiger partial charge in [-0.15, -0.1) is 35.3 Å². The van der Waals surface area contributed by atoms with E-state index in [1.165, 1.54) is 15.4 Å². The summed E-state index contributed by atoms with van der Waals surface area (Å²) in [4.78, 5) is 19.6. The molecule has 0 bridgehead atoms. The first kappa shape index (κ1) is 23.8. The molecule has 1 fully saturated rings. The Morgan fingerprint density at radius 1 is 1.21 bits per heavy atom. The Hall–Kier alpha value is -1.46. The minimum Gasteiger partial charge on any atom is -0.356 e. The van der Waals surface area contributed by atoms with Gasteiger partial charge in [-0.2, -0.15) is 0 Å². The number of anilines is 1. The van der Waals surface area contributed by atoms with Crippen molar-refractivity contribution in [2.75, 3.05) is 51.7 Å². The summed E-state index contributed by atoms with van der Waals surface area (Å²) in [6, 6.07) is 4.14. The Balaban J connectivity index is 0.00000300. The Morgan fingerprint density at radius 2 is 1.97 bits per heavy atom. The number of rotatable bonds is 6. The summed E-state index contributed by atoms with van der Waals surface area (Å²) >= 11 is 1.77. The van der Waals surface area contributed by atoms with Crippen molar-refractivity contribution in [3.05, 3.63) is 39.5 Å². The number of nitrogens with one attached hydrogen (secondary N) is 2. The van der Waals surface area contributed by atoms with Crippen LogP contribution in [0.25, 0.3) is 0 Å². The fourth-order valence-corrected chi connectivity index (χ4v) is 4.14. The van der Waals surface area contributed by atoms with Gasteiger partial charge in [0, 0.05) is 69.4 Å². The number of aromatic nitrogens is 2. The number of piperazine rings is 1. The van der Waals surface area contributed by atoms with E-state index in [1.54, 1.807) is 18.4 Å². The van der Waals surface area contributed by atoms with Crippen molar-refractivity contribution in [1.82, 2.24) is 25.5 Å². The van der Waals surface area contributed by atoms with Gasteiger partial charge in [-0.3, -0.25) is 4.99 Å². The monoisotopic (exact) mass is 529 g/mol. The number of halogens is 1. The molecule has 0 atom stereocenters. The topological polar surface area (TPSA) is 68.7 Å². The van der Waals surface area contributed by atoms with Gasteiger partial charge in [0.15, 0.2) is 5.96 Å². The molecule has 0 amide bonds. The van der Waals surface area contributed by atoms with Crippen LogP contribution in [0.1, 0.15) is 21.1 Å². The minimum atomic E-state index is 0.